The van der Waals surface area contributed by atoms with Crippen LogP contribution in [0.25, 0.3) is 21.9 Å². The van der Waals surface area contributed by atoms with E-state index < -0.39 is 0 Å². The molecule has 3 aromatic carbocycles. The molecule has 0 atom stereocenters. The second-order valence-electron chi connectivity index (χ2n) is 8.15. The van der Waals surface area contributed by atoms with E-state index in [4.69, 9.17) is 4.74 Å². The van der Waals surface area contributed by atoms with E-state index in [9.17, 15) is 9.59 Å². The number of carbonyl (C=O) groups is 1. The first-order valence-electron chi connectivity index (χ1n) is 11.2. The molecule has 1 aromatic heterocycles. The number of amides is 1. The summed E-state index contributed by atoms with van der Waals surface area (Å²) in [4.78, 5) is 26.9. The highest BCUT2D eigenvalue weighted by Gasteiger charge is 2.17. The molecule has 0 spiro atoms. The first kappa shape index (κ1) is 23.6. The number of ether oxygens (including phenoxy) is 1. The van der Waals surface area contributed by atoms with Crippen molar-refractivity contribution >= 4 is 28.4 Å². The Morgan fingerprint density at radius 1 is 1.00 bits per heavy atom. The van der Waals surface area contributed by atoms with Crippen molar-refractivity contribution in [1.29, 1.82) is 0 Å². The van der Waals surface area contributed by atoms with Gasteiger partial charge in [-0.1, -0.05) is 48.0 Å². The maximum absolute atomic E-state index is 13.1. The molecule has 6 heteroatoms. The first-order valence-corrected chi connectivity index (χ1v) is 12.2. The van der Waals surface area contributed by atoms with Crippen LogP contribution in [0.15, 0.2) is 82.5 Å². The van der Waals surface area contributed by atoms with Crippen LogP contribution >= 0.6 is 11.8 Å². The van der Waals surface area contributed by atoms with Gasteiger partial charge >= 0.3 is 0 Å². The maximum Gasteiger partial charge on any atom is 0.258 e. The lowest BCUT2D eigenvalue weighted by molar-refractivity contribution is -0.120. The van der Waals surface area contributed by atoms with Crippen LogP contribution in [0.1, 0.15) is 17.7 Å². The monoisotopic (exact) mass is 472 g/mol. The quantitative estimate of drug-likeness (QED) is 0.353. The standard InChI is InChI=1S/C28H28N2O3S/c1-19-9-12-22(13-10-19)34-16-15-26(31)29-18-25-27(20-7-5-4-6-8-20)24-17-21(33-3)11-14-23(24)28(32)30(25)2/h4-14,17H,15-16,18H2,1-3H3,(H,29,31). The summed E-state index contributed by atoms with van der Waals surface area (Å²) in [7, 11) is 3.37. The van der Waals surface area contributed by atoms with Crippen LogP contribution in [-0.2, 0) is 18.4 Å². The van der Waals surface area contributed by atoms with Crippen molar-refractivity contribution < 1.29 is 9.53 Å². The van der Waals surface area contributed by atoms with Crippen molar-refractivity contribution in [3.63, 3.8) is 0 Å². The van der Waals surface area contributed by atoms with Crippen LogP contribution in [0.4, 0.5) is 0 Å². The molecule has 0 aliphatic heterocycles. The van der Waals surface area contributed by atoms with E-state index in [1.807, 2.05) is 36.4 Å². The van der Waals surface area contributed by atoms with Gasteiger partial charge in [0.2, 0.25) is 5.91 Å². The van der Waals surface area contributed by atoms with Gasteiger partial charge in [-0.3, -0.25) is 9.59 Å². The number of nitrogens with one attached hydrogen (secondary N) is 1. The zero-order valence-electron chi connectivity index (χ0n) is 19.6. The molecule has 0 radical (unpaired) electrons. The van der Waals surface area contributed by atoms with E-state index in [-0.39, 0.29) is 18.0 Å². The second kappa shape index (κ2) is 10.6. The molecule has 4 aromatic rings. The van der Waals surface area contributed by atoms with Crippen LogP contribution in [0.2, 0.25) is 0 Å². The Kier molecular flexibility index (Phi) is 7.38. The number of methoxy groups -OCH3 is 1. The van der Waals surface area contributed by atoms with Crippen LogP contribution in [-0.4, -0.2) is 23.3 Å². The summed E-state index contributed by atoms with van der Waals surface area (Å²) in [6.45, 7) is 2.32. The third kappa shape index (κ3) is 5.18. The van der Waals surface area contributed by atoms with Crippen LogP contribution in [0.3, 0.4) is 0 Å². The van der Waals surface area contributed by atoms with Crippen LogP contribution in [0.5, 0.6) is 5.75 Å². The molecule has 1 N–H and O–H groups in total. The number of fused-ring (bicyclic) bond motifs is 1. The Bertz CT molecular complexity index is 1360. The predicted molar refractivity (Wildman–Crippen MR) is 140 cm³/mol. The maximum atomic E-state index is 13.1. The molecule has 0 saturated heterocycles. The normalized spacial score (nSPS) is 10.9. The van der Waals surface area contributed by atoms with Crippen molar-refractivity contribution in [2.45, 2.75) is 24.8 Å². The Hall–Kier alpha value is -3.51. The van der Waals surface area contributed by atoms with Gasteiger partial charge in [-0.15, -0.1) is 11.8 Å². The van der Waals surface area contributed by atoms with Crippen LogP contribution < -0.4 is 15.6 Å². The Labute approximate surface area is 203 Å². The fraction of sp³-hybridized carbons (Fsp3) is 0.214. The Morgan fingerprint density at radius 3 is 2.44 bits per heavy atom. The van der Waals surface area contributed by atoms with Crippen molar-refractivity contribution in [3.05, 3.63) is 94.4 Å². The molecular weight excluding hydrogens is 444 g/mol. The molecule has 0 fully saturated rings. The highest BCUT2D eigenvalue weighted by atomic mass is 32.2. The number of thioether (sulfide) groups is 1. The number of pyridine rings is 1. The number of hydrogen-bond acceptors (Lipinski definition) is 4. The molecule has 1 amide bonds. The highest BCUT2D eigenvalue weighted by Crippen LogP contribution is 2.32. The van der Waals surface area contributed by atoms with E-state index in [2.05, 4.69) is 36.5 Å². The van der Waals surface area contributed by atoms with Gasteiger partial charge in [-0.2, -0.15) is 0 Å². The van der Waals surface area contributed by atoms with Gasteiger partial charge in [-0.05, 0) is 42.8 Å². The molecular formula is C28H28N2O3S. The third-order valence-corrected chi connectivity index (χ3v) is 6.87. The van der Waals surface area contributed by atoms with E-state index in [0.29, 0.717) is 23.3 Å². The van der Waals surface area contributed by atoms with Gasteiger partial charge in [-0.25, -0.2) is 0 Å². The van der Waals surface area contributed by atoms with E-state index in [1.165, 1.54) is 5.56 Å². The SMILES string of the molecule is COc1ccc2c(=O)n(C)c(CNC(=O)CCSc3ccc(C)cc3)c(-c3ccccc3)c2c1. The second-order valence-corrected chi connectivity index (χ2v) is 9.32. The number of nitrogens with zero attached hydrogens (tertiary/aromatic N) is 1. The van der Waals surface area contributed by atoms with Gasteiger partial charge in [0.05, 0.1) is 13.7 Å². The molecule has 0 unspecified atom stereocenters. The summed E-state index contributed by atoms with van der Waals surface area (Å²) in [5.41, 5.74) is 3.78. The molecule has 0 aliphatic carbocycles. The van der Waals surface area contributed by atoms with E-state index in [0.717, 1.165) is 27.1 Å². The van der Waals surface area contributed by atoms with Gasteiger partial charge in [0.1, 0.15) is 5.75 Å². The molecule has 174 valence electrons. The van der Waals surface area contributed by atoms with Crippen molar-refractivity contribution in [3.8, 4) is 16.9 Å². The minimum absolute atomic E-state index is 0.0446. The number of hydrogen-bond donors (Lipinski definition) is 1. The summed E-state index contributed by atoms with van der Waals surface area (Å²) < 4.78 is 7.07. The Morgan fingerprint density at radius 2 is 1.74 bits per heavy atom. The highest BCUT2D eigenvalue weighted by molar-refractivity contribution is 7.99. The van der Waals surface area contributed by atoms with E-state index in [1.54, 1.807) is 42.6 Å². The average molecular weight is 473 g/mol. The molecule has 0 aliphatic rings. The predicted octanol–water partition coefficient (Wildman–Crippen LogP) is 5.32. The summed E-state index contributed by atoms with van der Waals surface area (Å²) in [5.74, 6) is 1.33. The van der Waals surface area contributed by atoms with Crippen molar-refractivity contribution in [2.75, 3.05) is 12.9 Å². The zero-order valence-corrected chi connectivity index (χ0v) is 20.4. The van der Waals surface area contributed by atoms with Gasteiger partial charge in [0.15, 0.2) is 0 Å². The fourth-order valence-electron chi connectivity index (χ4n) is 3.97. The summed E-state index contributed by atoms with van der Waals surface area (Å²) in [6, 6.07) is 23.7. The number of carbonyl (C=O) groups excluding carboxylic acids is 1. The number of aryl methyl sites for hydroxylation is 1. The molecule has 34 heavy (non-hydrogen) atoms. The fourth-order valence-corrected chi connectivity index (χ4v) is 4.82. The number of rotatable bonds is 8. The lowest BCUT2D eigenvalue weighted by Crippen LogP contribution is -2.29. The molecule has 0 bridgehead atoms. The zero-order chi connectivity index (χ0) is 24.1. The largest absolute Gasteiger partial charge is 0.497 e. The lowest BCUT2D eigenvalue weighted by Gasteiger charge is -2.18. The summed E-state index contributed by atoms with van der Waals surface area (Å²) >= 11 is 1.66. The van der Waals surface area contributed by atoms with Crippen molar-refractivity contribution in [1.82, 2.24) is 9.88 Å². The molecule has 4 rings (SSSR count). The number of benzene rings is 3. The topological polar surface area (TPSA) is 60.3 Å². The van der Waals surface area contributed by atoms with Gasteiger partial charge in [0.25, 0.3) is 5.56 Å². The minimum atomic E-state index is -0.100. The van der Waals surface area contributed by atoms with Crippen LogP contribution in [0, 0.1) is 6.92 Å². The first-order chi connectivity index (χ1) is 16.5. The van der Waals surface area contributed by atoms with E-state index >= 15 is 0 Å². The number of aromatic nitrogens is 1. The average Bonchev–Trinajstić information content (AvgIpc) is 2.86. The van der Waals surface area contributed by atoms with Crippen molar-refractivity contribution in [2.24, 2.45) is 7.05 Å². The Balaban J connectivity index is 1.60. The smallest absolute Gasteiger partial charge is 0.258 e. The summed E-state index contributed by atoms with van der Waals surface area (Å²) in [5, 5.41) is 4.45. The molecule has 5 nitrogen and oxygen atoms in total. The van der Waals surface area contributed by atoms with Gasteiger partial charge < -0.3 is 14.6 Å². The minimum Gasteiger partial charge on any atom is -0.497 e. The van der Waals surface area contributed by atoms with Gasteiger partial charge in [0, 0.05) is 46.1 Å². The molecule has 1 heterocycles. The molecule has 0 saturated carbocycles. The summed E-state index contributed by atoms with van der Waals surface area (Å²) in [6.07, 6.45) is 0.397. The lowest BCUT2D eigenvalue weighted by atomic mass is 9.96. The third-order valence-electron chi connectivity index (χ3n) is 5.86.